The van der Waals surface area contributed by atoms with Gasteiger partial charge in [0.05, 0.1) is 5.69 Å². The van der Waals surface area contributed by atoms with Gasteiger partial charge in [0.2, 0.25) is 0 Å². The zero-order valence-corrected chi connectivity index (χ0v) is 14.9. The molecule has 1 aliphatic heterocycles. The molecule has 1 aromatic carbocycles. The molecule has 138 valence electrons. The maximum Gasteiger partial charge on any atom is 0.335 e. The SMILES string of the molecule is O=C1NC(=O)N(c2ccccc2)C(=O)/C1=C\c1ccn(C2CCCCC2)c1. The van der Waals surface area contributed by atoms with E-state index in [2.05, 4.69) is 9.88 Å². The molecule has 1 saturated heterocycles. The Balaban J connectivity index is 1.62. The van der Waals surface area contributed by atoms with Crippen molar-refractivity contribution in [3.8, 4) is 0 Å². The van der Waals surface area contributed by atoms with Gasteiger partial charge in [-0.3, -0.25) is 14.9 Å². The number of rotatable bonds is 3. The first-order valence-electron chi connectivity index (χ1n) is 9.27. The highest BCUT2D eigenvalue weighted by Gasteiger charge is 2.36. The Kier molecular flexibility index (Phi) is 4.62. The first-order chi connectivity index (χ1) is 13.1. The van der Waals surface area contributed by atoms with E-state index < -0.39 is 17.8 Å². The molecule has 27 heavy (non-hydrogen) atoms. The molecule has 0 atom stereocenters. The normalized spacial score (nSPS) is 20.2. The quantitative estimate of drug-likeness (QED) is 0.668. The third-order valence-corrected chi connectivity index (χ3v) is 5.16. The molecular weight excluding hydrogens is 342 g/mol. The molecule has 6 heteroatoms. The largest absolute Gasteiger partial charge is 0.351 e. The maximum atomic E-state index is 12.8. The van der Waals surface area contributed by atoms with Gasteiger partial charge >= 0.3 is 6.03 Å². The fraction of sp³-hybridized carbons (Fsp3) is 0.286. The summed E-state index contributed by atoms with van der Waals surface area (Å²) in [5.74, 6) is -1.28. The van der Waals surface area contributed by atoms with E-state index in [1.54, 1.807) is 36.4 Å². The van der Waals surface area contributed by atoms with Crippen molar-refractivity contribution < 1.29 is 14.4 Å². The van der Waals surface area contributed by atoms with Gasteiger partial charge in [-0.15, -0.1) is 0 Å². The van der Waals surface area contributed by atoms with E-state index in [4.69, 9.17) is 0 Å². The van der Waals surface area contributed by atoms with Gasteiger partial charge in [0.1, 0.15) is 5.57 Å². The fourth-order valence-electron chi connectivity index (χ4n) is 3.76. The Morgan fingerprint density at radius 1 is 0.963 bits per heavy atom. The van der Waals surface area contributed by atoms with Crippen LogP contribution in [0.1, 0.15) is 43.7 Å². The molecule has 2 aromatic rings. The molecule has 2 heterocycles. The molecule has 1 N–H and O–H groups in total. The van der Waals surface area contributed by atoms with Crippen LogP contribution in [0.2, 0.25) is 0 Å². The Hall–Kier alpha value is -3.15. The van der Waals surface area contributed by atoms with Crippen molar-refractivity contribution in [2.24, 2.45) is 0 Å². The number of para-hydroxylation sites is 1. The monoisotopic (exact) mass is 363 g/mol. The molecule has 2 fully saturated rings. The highest BCUT2D eigenvalue weighted by atomic mass is 16.2. The number of urea groups is 1. The number of barbiturate groups is 1. The van der Waals surface area contributed by atoms with Crippen LogP contribution in [0.15, 0.2) is 54.4 Å². The molecule has 1 saturated carbocycles. The van der Waals surface area contributed by atoms with Crippen LogP contribution in [-0.2, 0) is 9.59 Å². The average Bonchev–Trinajstić information content (AvgIpc) is 3.15. The topological polar surface area (TPSA) is 71.4 Å². The van der Waals surface area contributed by atoms with Crippen molar-refractivity contribution in [2.75, 3.05) is 4.90 Å². The zero-order valence-electron chi connectivity index (χ0n) is 14.9. The van der Waals surface area contributed by atoms with Crippen LogP contribution >= 0.6 is 0 Å². The Labute approximate surface area is 157 Å². The lowest BCUT2D eigenvalue weighted by Gasteiger charge is -2.26. The van der Waals surface area contributed by atoms with E-state index in [0.29, 0.717) is 11.7 Å². The van der Waals surface area contributed by atoms with Crippen molar-refractivity contribution >= 4 is 29.6 Å². The minimum absolute atomic E-state index is 0.0418. The Morgan fingerprint density at radius 3 is 2.44 bits per heavy atom. The number of anilines is 1. The van der Waals surface area contributed by atoms with Gasteiger partial charge in [-0.2, -0.15) is 0 Å². The van der Waals surface area contributed by atoms with Gasteiger partial charge in [-0.05, 0) is 42.7 Å². The fourth-order valence-corrected chi connectivity index (χ4v) is 3.76. The van der Waals surface area contributed by atoms with E-state index in [9.17, 15) is 14.4 Å². The van der Waals surface area contributed by atoms with Crippen LogP contribution in [0.25, 0.3) is 6.08 Å². The molecular formula is C21H21N3O3. The smallest absolute Gasteiger partial charge is 0.335 e. The summed E-state index contributed by atoms with van der Waals surface area (Å²) in [6, 6.07) is 10.2. The molecule has 6 nitrogen and oxygen atoms in total. The van der Waals surface area contributed by atoms with Crippen molar-refractivity contribution in [2.45, 2.75) is 38.1 Å². The number of hydrogen-bond acceptors (Lipinski definition) is 3. The number of hydrogen-bond donors (Lipinski definition) is 1. The van der Waals surface area contributed by atoms with Crippen molar-refractivity contribution in [3.05, 3.63) is 59.9 Å². The number of nitrogens with one attached hydrogen (secondary N) is 1. The summed E-state index contributed by atoms with van der Waals surface area (Å²) in [7, 11) is 0. The molecule has 0 bridgehead atoms. The van der Waals surface area contributed by atoms with Crippen LogP contribution in [-0.4, -0.2) is 22.4 Å². The van der Waals surface area contributed by atoms with Crippen LogP contribution in [0.3, 0.4) is 0 Å². The van der Waals surface area contributed by atoms with E-state index in [1.807, 2.05) is 18.5 Å². The molecule has 1 aromatic heterocycles. The first-order valence-corrected chi connectivity index (χ1v) is 9.27. The summed E-state index contributed by atoms with van der Waals surface area (Å²) in [4.78, 5) is 38.2. The number of carbonyl (C=O) groups is 3. The lowest BCUT2D eigenvalue weighted by molar-refractivity contribution is -0.122. The molecule has 4 rings (SSSR count). The van der Waals surface area contributed by atoms with E-state index in [0.717, 1.165) is 23.3 Å². The van der Waals surface area contributed by atoms with E-state index in [1.165, 1.54) is 19.3 Å². The van der Waals surface area contributed by atoms with Gasteiger partial charge < -0.3 is 4.57 Å². The Morgan fingerprint density at radius 2 is 1.70 bits per heavy atom. The molecule has 0 radical (unpaired) electrons. The highest BCUT2D eigenvalue weighted by Crippen LogP contribution is 2.29. The highest BCUT2D eigenvalue weighted by molar-refractivity contribution is 6.39. The van der Waals surface area contributed by atoms with Gasteiger partial charge in [0, 0.05) is 18.4 Å². The van der Waals surface area contributed by atoms with Gasteiger partial charge in [-0.1, -0.05) is 37.5 Å². The number of aromatic nitrogens is 1. The summed E-state index contributed by atoms with van der Waals surface area (Å²) in [6.07, 6.45) is 11.6. The van der Waals surface area contributed by atoms with Crippen LogP contribution in [0.4, 0.5) is 10.5 Å². The van der Waals surface area contributed by atoms with Crippen LogP contribution in [0.5, 0.6) is 0 Å². The summed E-state index contributed by atoms with van der Waals surface area (Å²) in [5.41, 5.74) is 1.17. The maximum absolute atomic E-state index is 12.8. The third kappa shape index (κ3) is 3.43. The van der Waals surface area contributed by atoms with Crippen LogP contribution < -0.4 is 10.2 Å². The molecule has 0 spiro atoms. The summed E-state index contributed by atoms with van der Waals surface area (Å²) in [5, 5.41) is 2.25. The standard InChI is InChI=1S/C21H21N3O3/c25-19-18(13-15-11-12-23(14-15)16-7-3-1-4-8-16)20(26)24(21(27)22-19)17-9-5-2-6-10-17/h2,5-6,9-14,16H,1,3-4,7-8H2,(H,22,25,27)/b18-13-. The van der Waals surface area contributed by atoms with Crippen molar-refractivity contribution in [1.82, 2.24) is 9.88 Å². The number of nitrogens with zero attached hydrogens (tertiary/aromatic N) is 2. The zero-order chi connectivity index (χ0) is 18.8. The van der Waals surface area contributed by atoms with E-state index in [-0.39, 0.29) is 5.57 Å². The summed E-state index contributed by atoms with van der Waals surface area (Å²) >= 11 is 0. The Bertz CT molecular complexity index is 908. The lowest BCUT2D eigenvalue weighted by Crippen LogP contribution is -2.54. The second kappa shape index (κ2) is 7.23. The molecule has 0 unspecified atom stereocenters. The second-order valence-electron chi connectivity index (χ2n) is 6.98. The third-order valence-electron chi connectivity index (χ3n) is 5.16. The van der Waals surface area contributed by atoms with Crippen molar-refractivity contribution in [1.29, 1.82) is 0 Å². The number of imide groups is 2. The van der Waals surface area contributed by atoms with Gasteiger partial charge in [-0.25, -0.2) is 9.69 Å². The summed E-state index contributed by atoms with van der Waals surface area (Å²) in [6.45, 7) is 0. The number of carbonyl (C=O) groups excluding carboxylic acids is 3. The number of amides is 4. The van der Waals surface area contributed by atoms with Gasteiger partial charge in [0.15, 0.2) is 0 Å². The minimum atomic E-state index is -0.729. The number of benzene rings is 1. The summed E-state index contributed by atoms with van der Waals surface area (Å²) < 4.78 is 2.16. The predicted octanol–water partition coefficient (Wildman–Crippen LogP) is 3.66. The molecule has 4 amide bonds. The molecule has 1 aliphatic carbocycles. The van der Waals surface area contributed by atoms with E-state index >= 15 is 0 Å². The predicted molar refractivity (Wildman–Crippen MR) is 102 cm³/mol. The average molecular weight is 363 g/mol. The van der Waals surface area contributed by atoms with Gasteiger partial charge in [0.25, 0.3) is 11.8 Å². The van der Waals surface area contributed by atoms with Crippen LogP contribution in [0, 0.1) is 0 Å². The minimum Gasteiger partial charge on any atom is -0.351 e. The molecule has 2 aliphatic rings. The lowest BCUT2D eigenvalue weighted by atomic mass is 9.95. The second-order valence-corrected chi connectivity index (χ2v) is 6.98. The van der Waals surface area contributed by atoms with Crippen molar-refractivity contribution in [3.63, 3.8) is 0 Å². The first kappa shape index (κ1) is 17.3.